The summed E-state index contributed by atoms with van der Waals surface area (Å²) in [5.41, 5.74) is 1.76. The lowest BCUT2D eigenvalue weighted by Crippen LogP contribution is -2.52. The molecule has 3 heterocycles. The van der Waals surface area contributed by atoms with E-state index >= 15 is 0 Å². The summed E-state index contributed by atoms with van der Waals surface area (Å²) in [6.45, 7) is 1.82. The molecule has 1 unspecified atom stereocenters. The maximum atomic E-state index is 12.7. The number of likely N-dealkylation sites (N-methyl/N-ethyl adjacent to an activating group) is 1. The number of carbonyl (C=O) groups excluding carboxylic acids is 2. The molecule has 2 aliphatic rings. The number of aromatic amines is 1. The Hall–Kier alpha value is -2.50. The van der Waals surface area contributed by atoms with E-state index in [9.17, 15) is 9.59 Å². The summed E-state index contributed by atoms with van der Waals surface area (Å²) < 4.78 is 5.58. The number of carbonyl (C=O) groups is 2. The number of rotatable bonds is 3. The van der Waals surface area contributed by atoms with Gasteiger partial charge >= 0.3 is 6.09 Å². The van der Waals surface area contributed by atoms with Gasteiger partial charge in [-0.05, 0) is 30.9 Å². The number of hydrogen-bond acceptors (Lipinski definition) is 3. The topological polar surface area (TPSA) is 65.6 Å². The maximum absolute atomic E-state index is 12.7. The number of aromatic nitrogens is 1. The molecule has 132 valence electrons. The fourth-order valence-electron chi connectivity index (χ4n) is 4.05. The summed E-state index contributed by atoms with van der Waals surface area (Å²) in [5, 5.41) is 1.18. The van der Waals surface area contributed by atoms with Crippen LogP contribution in [0.25, 0.3) is 10.9 Å². The number of aryl methyl sites for hydroxylation is 1. The lowest BCUT2D eigenvalue weighted by atomic mass is 9.92. The number of ether oxygens (including phenoxy) is 1. The van der Waals surface area contributed by atoms with Gasteiger partial charge in [0.25, 0.3) is 0 Å². The van der Waals surface area contributed by atoms with E-state index in [1.165, 1.54) is 10.9 Å². The van der Waals surface area contributed by atoms with Crippen molar-refractivity contribution >= 4 is 22.9 Å². The van der Waals surface area contributed by atoms with E-state index in [-0.39, 0.29) is 12.0 Å². The second-order valence-electron chi connectivity index (χ2n) is 7.19. The molecule has 0 aliphatic carbocycles. The van der Waals surface area contributed by atoms with Gasteiger partial charge in [0.05, 0.1) is 13.1 Å². The molecule has 1 aromatic carbocycles. The largest absolute Gasteiger partial charge is 0.439 e. The van der Waals surface area contributed by atoms with E-state index in [1.807, 2.05) is 29.3 Å². The average Bonchev–Trinajstić information content (AvgIpc) is 3.14. The predicted molar refractivity (Wildman–Crippen MR) is 94.3 cm³/mol. The van der Waals surface area contributed by atoms with Crippen molar-refractivity contribution in [3.8, 4) is 0 Å². The molecule has 2 saturated heterocycles. The van der Waals surface area contributed by atoms with E-state index < -0.39 is 5.60 Å². The van der Waals surface area contributed by atoms with Crippen LogP contribution in [0.5, 0.6) is 0 Å². The lowest BCUT2D eigenvalue weighted by molar-refractivity contribution is -0.136. The highest BCUT2D eigenvalue weighted by Gasteiger charge is 2.47. The summed E-state index contributed by atoms with van der Waals surface area (Å²) in [5.74, 6) is 0.134. The zero-order valence-electron chi connectivity index (χ0n) is 14.5. The van der Waals surface area contributed by atoms with Crippen molar-refractivity contribution < 1.29 is 14.3 Å². The summed E-state index contributed by atoms with van der Waals surface area (Å²) in [6.07, 6.45) is 4.60. The molecule has 1 aromatic heterocycles. The Bertz CT molecular complexity index is 815. The zero-order valence-corrected chi connectivity index (χ0v) is 14.5. The Morgan fingerprint density at radius 3 is 2.96 bits per heavy atom. The first-order valence-electron chi connectivity index (χ1n) is 8.83. The third kappa shape index (κ3) is 2.97. The summed E-state index contributed by atoms with van der Waals surface area (Å²) >= 11 is 0. The summed E-state index contributed by atoms with van der Waals surface area (Å²) in [7, 11) is 1.74. The molecule has 0 saturated carbocycles. The molecule has 1 N–H and O–H groups in total. The Labute approximate surface area is 146 Å². The highest BCUT2D eigenvalue weighted by Crippen LogP contribution is 2.31. The average molecular weight is 341 g/mol. The van der Waals surface area contributed by atoms with Crippen LogP contribution in [0.1, 0.15) is 24.8 Å². The first-order chi connectivity index (χ1) is 12.1. The number of benzene rings is 1. The van der Waals surface area contributed by atoms with Crippen molar-refractivity contribution in [3.63, 3.8) is 0 Å². The van der Waals surface area contributed by atoms with Gasteiger partial charge in [-0.1, -0.05) is 18.2 Å². The van der Waals surface area contributed by atoms with Gasteiger partial charge in [-0.15, -0.1) is 0 Å². The van der Waals surface area contributed by atoms with E-state index in [1.54, 1.807) is 11.9 Å². The molecule has 2 amide bonds. The molecule has 6 nitrogen and oxygen atoms in total. The smallest absolute Gasteiger partial charge is 0.410 e. The Morgan fingerprint density at radius 1 is 1.32 bits per heavy atom. The van der Waals surface area contributed by atoms with Crippen LogP contribution in [0.2, 0.25) is 0 Å². The van der Waals surface area contributed by atoms with Crippen molar-refractivity contribution in [3.05, 3.63) is 36.0 Å². The molecule has 6 heteroatoms. The normalized spacial score (nSPS) is 23.5. The van der Waals surface area contributed by atoms with Gasteiger partial charge in [-0.25, -0.2) is 4.79 Å². The van der Waals surface area contributed by atoms with Gasteiger partial charge in [-0.3, -0.25) is 4.79 Å². The molecule has 2 aliphatic heterocycles. The minimum absolute atomic E-state index is 0.134. The number of piperidine rings is 1. The minimum atomic E-state index is -0.513. The van der Waals surface area contributed by atoms with Gasteiger partial charge in [-0.2, -0.15) is 0 Å². The number of likely N-dealkylation sites (tertiary alicyclic amines) is 1. The van der Waals surface area contributed by atoms with E-state index in [4.69, 9.17) is 4.74 Å². The van der Waals surface area contributed by atoms with Gasteiger partial charge in [0.2, 0.25) is 5.91 Å². The first-order valence-corrected chi connectivity index (χ1v) is 8.83. The third-order valence-corrected chi connectivity index (χ3v) is 5.32. The number of amides is 2. The molecule has 2 aromatic rings. The van der Waals surface area contributed by atoms with Crippen molar-refractivity contribution in [1.29, 1.82) is 0 Å². The molecular formula is C19H23N3O3. The third-order valence-electron chi connectivity index (χ3n) is 5.32. The Morgan fingerprint density at radius 2 is 2.16 bits per heavy atom. The number of para-hydroxylation sites is 1. The molecule has 1 spiro atoms. The molecule has 25 heavy (non-hydrogen) atoms. The maximum Gasteiger partial charge on any atom is 0.410 e. The molecular weight excluding hydrogens is 318 g/mol. The van der Waals surface area contributed by atoms with Crippen LogP contribution in [0.15, 0.2) is 30.5 Å². The number of hydrogen-bond donors (Lipinski definition) is 1. The fraction of sp³-hybridized carbons (Fsp3) is 0.474. The predicted octanol–water partition coefficient (Wildman–Crippen LogP) is 2.54. The highest BCUT2D eigenvalue weighted by atomic mass is 16.6. The van der Waals surface area contributed by atoms with E-state index in [2.05, 4.69) is 11.1 Å². The number of H-pyrrole nitrogens is 1. The summed E-state index contributed by atoms with van der Waals surface area (Å²) in [6, 6.07) is 8.14. The van der Waals surface area contributed by atoms with Gasteiger partial charge < -0.3 is 19.5 Å². The van der Waals surface area contributed by atoms with Crippen LogP contribution in [0.4, 0.5) is 4.79 Å². The monoisotopic (exact) mass is 341 g/mol. The van der Waals surface area contributed by atoms with Gasteiger partial charge in [0.1, 0.15) is 5.60 Å². The minimum Gasteiger partial charge on any atom is -0.439 e. The zero-order chi connectivity index (χ0) is 17.4. The molecule has 2 fully saturated rings. The SMILES string of the molecule is CN1CC2(CCCN(C(=O)CCc3c[nH]c4ccccc34)C2)OC1=O. The highest BCUT2D eigenvalue weighted by molar-refractivity contribution is 5.84. The Balaban J connectivity index is 1.40. The van der Waals surface area contributed by atoms with Gasteiger partial charge in [0.15, 0.2) is 0 Å². The second-order valence-corrected chi connectivity index (χ2v) is 7.19. The van der Waals surface area contributed by atoms with Gasteiger partial charge in [0, 0.05) is 37.1 Å². The quantitative estimate of drug-likeness (QED) is 0.933. The van der Waals surface area contributed by atoms with Crippen LogP contribution in [0.3, 0.4) is 0 Å². The van der Waals surface area contributed by atoms with Crippen molar-refractivity contribution in [2.75, 3.05) is 26.7 Å². The number of nitrogens with one attached hydrogen (secondary N) is 1. The van der Waals surface area contributed by atoms with Crippen LogP contribution in [-0.2, 0) is 16.0 Å². The van der Waals surface area contributed by atoms with Crippen LogP contribution in [-0.4, -0.2) is 59.1 Å². The number of fused-ring (bicyclic) bond motifs is 1. The second kappa shape index (κ2) is 6.10. The molecule has 1 atom stereocenters. The molecule has 0 radical (unpaired) electrons. The van der Waals surface area contributed by atoms with Crippen LogP contribution in [0, 0.1) is 0 Å². The molecule has 0 bridgehead atoms. The summed E-state index contributed by atoms with van der Waals surface area (Å²) in [4.78, 5) is 31.1. The van der Waals surface area contributed by atoms with E-state index in [0.29, 0.717) is 25.9 Å². The number of nitrogens with zero attached hydrogens (tertiary/aromatic N) is 2. The fourth-order valence-corrected chi connectivity index (χ4v) is 4.05. The van der Waals surface area contributed by atoms with Crippen LogP contribution >= 0.6 is 0 Å². The lowest BCUT2D eigenvalue weighted by Gasteiger charge is -2.38. The van der Waals surface area contributed by atoms with Crippen LogP contribution < -0.4 is 0 Å². The van der Waals surface area contributed by atoms with Crippen molar-refractivity contribution in [1.82, 2.24) is 14.8 Å². The molecule has 4 rings (SSSR count). The van der Waals surface area contributed by atoms with Crippen molar-refractivity contribution in [2.45, 2.75) is 31.3 Å². The first kappa shape index (κ1) is 16.0. The standard InChI is InChI=1S/C19H23N3O3/c1-21-12-19(25-18(21)24)9-4-10-22(13-19)17(23)8-7-14-11-20-16-6-3-2-5-15(14)16/h2-3,5-6,11,20H,4,7-10,12-13H2,1H3. The van der Waals surface area contributed by atoms with Crippen molar-refractivity contribution in [2.24, 2.45) is 0 Å². The van der Waals surface area contributed by atoms with E-state index in [0.717, 1.165) is 24.9 Å². The Kier molecular flexibility index (Phi) is 3.90.